The topological polar surface area (TPSA) is 117 Å². The van der Waals surface area contributed by atoms with Crippen LogP contribution in [0.5, 0.6) is 5.75 Å². The zero-order valence-electron chi connectivity index (χ0n) is 17.7. The van der Waals surface area contributed by atoms with Crippen molar-refractivity contribution in [1.29, 1.82) is 0 Å². The van der Waals surface area contributed by atoms with Crippen LogP contribution in [-0.4, -0.2) is 41.4 Å². The molecule has 168 valence electrons. The molecule has 1 fully saturated rings. The lowest BCUT2D eigenvalue weighted by atomic mass is 9.96. The van der Waals surface area contributed by atoms with Crippen molar-refractivity contribution in [3.63, 3.8) is 0 Å². The lowest BCUT2D eigenvalue weighted by Crippen LogP contribution is -2.54. The predicted octanol–water partition coefficient (Wildman–Crippen LogP) is 2.00. The molecular formula is C23H26N4O5. The fourth-order valence-corrected chi connectivity index (χ4v) is 4.55. The molecule has 9 nitrogen and oxygen atoms in total. The number of benzene rings is 2. The van der Waals surface area contributed by atoms with E-state index in [-0.39, 0.29) is 27.1 Å². The quantitative estimate of drug-likeness (QED) is 0.634. The first-order chi connectivity index (χ1) is 15.2. The van der Waals surface area contributed by atoms with Gasteiger partial charge in [0.05, 0.1) is 5.69 Å². The minimum absolute atomic E-state index is 0. The van der Waals surface area contributed by atoms with E-state index >= 15 is 0 Å². The number of urea groups is 1. The zero-order chi connectivity index (χ0) is 22.7. The molecule has 0 saturated carbocycles. The summed E-state index contributed by atoms with van der Waals surface area (Å²) in [6, 6.07) is 12.0. The lowest BCUT2D eigenvalue weighted by molar-refractivity contribution is -0.133. The molecule has 0 aromatic heterocycles. The number of hydrogen-bond donors (Lipinski definition) is 3. The predicted molar refractivity (Wildman–Crippen MR) is 120 cm³/mol. The molecule has 3 aliphatic rings. The van der Waals surface area contributed by atoms with Crippen LogP contribution in [0, 0.1) is 0 Å². The minimum Gasteiger partial charge on any atom is -0.476 e. The molecule has 2 aromatic carbocycles. The second kappa shape index (κ2) is 6.81. The number of imide groups is 1. The maximum absolute atomic E-state index is 12.9. The van der Waals surface area contributed by atoms with Gasteiger partial charge in [-0.3, -0.25) is 24.6 Å². The Morgan fingerprint density at radius 2 is 1.88 bits per heavy atom. The zero-order valence-corrected chi connectivity index (χ0v) is 17.7. The second-order valence-electron chi connectivity index (χ2n) is 8.85. The Morgan fingerprint density at radius 1 is 1.12 bits per heavy atom. The van der Waals surface area contributed by atoms with Crippen LogP contribution in [0.25, 0.3) is 0 Å². The molecule has 0 radical (unpaired) electrons. The van der Waals surface area contributed by atoms with Crippen LogP contribution >= 0.6 is 0 Å². The molecule has 1 atom stereocenters. The number of amides is 5. The van der Waals surface area contributed by atoms with Crippen molar-refractivity contribution in [3.8, 4) is 5.75 Å². The summed E-state index contributed by atoms with van der Waals surface area (Å²) in [6.45, 7) is 3.18. The number of nitrogens with zero attached hydrogens (tertiary/aromatic N) is 1. The highest BCUT2D eigenvalue weighted by molar-refractivity contribution is 6.09. The number of carbonyl (C=O) groups is 4. The van der Waals surface area contributed by atoms with E-state index in [4.69, 9.17) is 4.74 Å². The van der Waals surface area contributed by atoms with Gasteiger partial charge in [0.15, 0.2) is 5.60 Å². The summed E-state index contributed by atoms with van der Waals surface area (Å²) in [4.78, 5) is 51.0. The van der Waals surface area contributed by atoms with Crippen molar-refractivity contribution in [2.75, 3.05) is 16.8 Å². The van der Waals surface area contributed by atoms with Crippen LogP contribution in [0.3, 0.4) is 0 Å². The van der Waals surface area contributed by atoms with Gasteiger partial charge < -0.3 is 15.4 Å². The molecule has 2 aromatic rings. The number of carbonyl (C=O) groups excluding carboxylic acids is 4. The van der Waals surface area contributed by atoms with Crippen molar-refractivity contribution in [1.82, 2.24) is 10.6 Å². The van der Waals surface area contributed by atoms with E-state index in [1.165, 1.54) is 4.90 Å². The highest BCUT2D eigenvalue weighted by Gasteiger charge is 2.50. The largest absolute Gasteiger partial charge is 0.476 e. The molecule has 9 heteroatoms. The Kier molecular flexibility index (Phi) is 4.27. The number of para-hydroxylation sites is 2. The summed E-state index contributed by atoms with van der Waals surface area (Å²) in [7, 11) is 0. The Labute approximate surface area is 187 Å². The van der Waals surface area contributed by atoms with Crippen LogP contribution in [0.1, 0.15) is 27.8 Å². The summed E-state index contributed by atoms with van der Waals surface area (Å²) in [5.41, 5.74) is 0.892. The average Bonchev–Trinajstić information content (AvgIpc) is 3.22. The number of hydrogen-bond acceptors (Lipinski definition) is 5. The molecule has 1 aliphatic carbocycles. The molecule has 2 heterocycles. The number of nitrogens with one attached hydrogen (secondary N) is 3. The van der Waals surface area contributed by atoms with Gasteiger partial charge in [-0.1, -0.05) is 18.2 Å². The Balaban J connectivity index is 0.00000162. The third-order valence-electron chi connectivity index (χ3n) is 6.07. The minimum atomic E-state index is -1.08. The standard InChI is InChI=1S/C23H22N4O5.2H2/c1-22(2)20(30)27(16-5-3-4-6-17(16)32-22)12-18(28)24-15-8-7-13-10-23(11-14(13)9-15)19(29)25-21(31)26-23;;/h3-9H,10-12H2,1-2H3,(H,24,28)(H2,25,26,29,31);2*1H/t23-;;/m1../s1. The van der Waals surface area contributed by atoms with Gasteiger partial charge in [0.25, 0.3) is 11.8 Å². The maximum Gasteiger partial charge on any atom is 0.322 e. The van der Waals surface area contributed by atoms with Gasteiger partial charge in [-0.25, -0.2) is 4.79 Å². The fourth-order valence-electron chi connectivity index (χ4n) is 4.55. The molecule has 2 aliphatic heterocycles. The number of ether oxygens (including phenoxy) is 1. The van der Waals surface area contributed by atoms with Crippen LogP contribution in [0.4, 0.5) is 16.2 Å². The van der Waals surface area contributed by atoms with E-state index in [1.54, 1.807) is 44.2 Å². The Hall–Kier alpha value is -3.88. The van der Waals surface area contributed by atoms with Gasteiger partial charge >= 0.3 is 6.03 Å². The third-order valence-corrected chi connectivity index (χ3v) is 6.07. The summed E-state index contributed by atoms with van der Waals surface area (Å²) < 4.78 is 5.79. The van der Waals surface area contributed by atoms with E-state index in [9.17, 15) is 19.2 Å². The summed E-state index contributed by atoms with van der Waals surface area (Å²) in [5.74, 6) is -0.448. The molecule has 5 rings (SSSR count). The Morgan fingerprint density at radius 3 is 2.62 bits per heavy atom. The first kappa shape index (κ1) is 20.0. The molecule has 1 saturated heterocycles. The second-order valence-corrected chi connectivity index (χ2v) is 8.85. The lowest BCUT2D eigenvalue weighted by Gasteiger charge is -2.38. The molecule has 5 amide bonds. The van der Waals surface area contributed by atoms with E-state index in [0.29, 0.717) is 30.0 Å². The van der Waals surface area contributed by atoms with E-state index < -0.39 is 17.2 Å². The van der Waals surface area contributed by atoms with Crippen LogP contribution in [0.2, 0.25) is 0 Å². The Bertz CT molecular complexity index is 1200. The number of rotatable bonds is 3. The van der Waals surface area contributed by atoms with Gasteiger partial charge in [0.1, 0.15) is 17.8 Å². The summed E-state index contributed by atoms with van der Waals surface area (Å²) in [5, 5.41) is 7.84. The number of anilines is 2. The summed E-state index contributed by atoms with van der Waals surface area (Å²) in [6.07, 6.45) is 0.759. The average molecular weight is 438 g/mol. The van der Waals surface area contributed by atoms with Crippen LogP contribution in [-0.2, 0) is 27.2 Å². The molecule has 0 bridgehead atoms. The molecule has 0 unspecified atom stereocenters. The smallest absolute Gasteiger partial charge is 0.322 e. The SMILES string of the molecule is CC1(C)Oc2ccccc2N(CC(=O)Nc2ccc3c(c2)C[C@@]2(C3)NC(=O)NC2=O)C1=O.[HH].[HH]. The van der Waals surface area contributed by atoms with Gasteiger partial charge in [-0.2, -0.15) is 0 Å². The first-order valence-corrected chi connectivity index (χ1v) is 10.3. The van der Waals surface area contributed by atoms with Gasteiger partial charge in [0, 0.05) is 21.4 Å². The van der Waals surface area contributed by atoms with Crippen molar-refractivity contribution in [2.45, 2.75) is 37.8 Å². The van der Waals surface area contributed by atoms with Gasteiger partial charge in [0.2, 0.25) is 5.91 Å². The highest BCUT2D eigenvalue weighted by atomic mass is 16.5. The van der Waals surface area contributed by atoms with Crippen molar-refractivity contribution in [2.24, 2.45) is 0 Å². The highest BCUT2D eigenvalue weighted by Crippen LogP contribution is 2.37. The molecule has 3 N–H and O–H groups in total. The molecular weight excluding hydrogens is 412 g/mol. The van der Waals surface area contributed by atoms with Crippen LogP contribution < -0.4 is 25.6 Å². The fraction of sp³-hybridized carbons (Fsp3) is 0.304. The van der Waals surface area contributed by atoms with Gasteiger partial charge in [-0.15, -0.1) is 0 Å². The normalized spacial score (nSPS) is 22.7. The summed E-state index contributed by atoms with van der Waals surface area (Å²) >= 11 is 0. The first-order valence-electron chi connectivity index (χ1n) is 10.3. The molecule has 32 heavy (non-hydrogen) atoms. The molecule has 1 spiro atoms. The maximum atomic E-state index is 12.9. The van der Waals surface area contributed by atoms with E-state index in [1.807, 2.05) is 12.1 Å². The third kappa shape index (κ3) is 3.17. The van der Waals surface area contributed by atoms with Crippen LogP contribution in [0.15, 0.2) is 42.5 Å². The number of fused-ring (bicyclic) bond motifs is 2. The van der Waals surface area contributed by atoms with Gasteiger partial charge in [-0.05, 0) is 49.2 Å². The van der Waals surface area contributed by atoms with E-state index in [0.717, 1.165) is 11.1 Å². The van der Waals surface area contributed by atoms with Crippen molar-refractivity contribution >= 4 is 35.1 Å². The van der Waals surface area contributed by atoms with Crippen molar-refractivity contribution < 1.29 is 26.8 Å². The van der Waals surface area contributed by atoms with Crippen molar-refractivity contribution in [3.05, 3.63) is 53.6 Å². The monoisotopic (exact) mass is 438 g/mol. The van der Waals surface area contributed by atoms with E-state index in [2.05, 4.69) is 16.0 Å².